The summed E-state index contributed by atoms with van der Waals surface area (Å²) in [5.74, 6) is 2.45. The van der Waals surface area contributed by atoms with Gasteiger partial charge in [-0.15, -0.1) is 0 Å². The summed E-state index contributed by atoms with van der Waals surface area (Å²) >= 11 is 2.03. The number of hydrogen-bond acceptors (Lipinski definition) is 4. The average Bonchev–Trinajstić information content (AvgIpc) is 3.33. The molecule has 3 N–H and O–H groups in total. The average molecular weight is 383 g/mol. The zero-order valence-corrected chi connectivity index (χ0v) is 16.7. The third-order valence-electron chi connectivity index (χ3n) is 6.15. The summed E-state index contributed by atoms with van der Waals surface area (Å²) < 4.78 is 0. The summed E-state index contributed by atoms with van der Waals surface area (Å²) in [5, 5.41) is 8.99. The highest BCUT2D eigenvalue weighted by Gasteiger charge is 2.40. The minimum absolute atomic E-state index is 0.0512. The third kappa shape index (κ3) is 5.52. The van der Waals surface area contributed by atoms with E-state index in [9.17, 15) is 9.59 Å². The number of thioether (sulfide) groups is 1. The summed E-state index contributed by atoms with van der Waals surface area (Å²) in [6.07, 6.45) is 9.85. The minimum Gasteiger partial charge on any atom is -0.353 e. The maximum atomic E-state index is 12.2. The number of amides is 3. The fourth-order valence-electron chi connectivity index (χ4n) is 4.64. The SMILES string of the molecule is O=C(CCNC(=O)NCC1(N2CCSCC2)CCCC1)NC1CCCC1. The Morgan fingerprint density at radius 2 is 1.69 bits per heavy atom. The molecular formula is C19H34N4O2S. The molecule has 3 fully saturated rings. The topological polar surface area (TPSA) is 73.5 Å². The number of hydrogen-bond donors (Lipinski definition) is 3. The minimum atomic E-state index is -0.142. The fourth-order valence-corrected chi connectivity index (χ4v) is 5.55. The molecule has 2 saturated carbocycles. The van der Waals surface area contributed by atoms with E-state index in [1.165, 1.54) is 50.0 Å². The molecule has 1 aliphatic heterocycles. The van der Waals surface area contributed by atoms with Crippen LogP contribution in [0.4, 0.5) is 4.79 Å². The summed E-state index contributed by atoms with van der Waals surface area (Å²) in [6.45, 7) is 3.39. The molecule has 0 aromatic heterocycles. The number of urea groups is 1. The Morgan fingerprint density at radius 1 is 1.00 bits per heavy atom. The molecule has 3 aliphatic rings. The number of rotatable bonds is 7. The molecule has 0 unspecified atom stereocenters. The van der Waals surface area contributed by atoms with Crippen molar-refractivity contribution in [1.82, 2.24) is 20.9 Å². The highest BCUT2D eigenvalue weighted by Crippen LogP contribution is 2.36. The van der Waals surface area contributed by atoms with Gasteiger partial charge in [-0.05, 0) is 25.7 Å². The van der Waals surface area contributed by atoms with Crippen molar-refractivity contribution in [3.05, 3.63) is 0 Å². The second-order valence-electron chi connectivity index (χ2n) is 7.94. The standard InChI is InChI=1S/C19H34N4O2S/c24-17(22-16-5-1-2-6-16)7-10-20-18(25)21-15-19(8-3-4-9-19)23-11-13-26-14-12-23/h16H,1-15H2,(H,22,24)(H2,20,21,25). The molecule has 0 spiro atoms. The first-order valence-electron chi connectivity index (χ1n) is 10.3. The van der Waals surface area contributed by atoms with Gasteiger partial charge in [0.05, 0.1) is 0 Å². The lowest BCUT2D eigenvalue weighted by Gasteiger charge is -2.43. The van der Waals surface area contributed by atoms with Gasteiger partial charge in [0.25, 0.3) is 0 Å². The molecule has 3 amide bonds. The van der Waals surface area contributed by atoms with Gasteiger partial charge in [0.1, 0.15) is 0 Å². The van der Waals surface area contributed by atoms with Gasteiger partial charge in [-0.1, -0.05) is 25.7 Å². The van der Waals surface area contributed by atoms with Gasteiger partial charge in [-0.2, -0.15) is 11.8 Å². The second kappa shape index (κ2) is 9.83. The number of nitrogens with one attached hydrogen (secondary N) is 3. The monoisotopic (exact) mass is 382 g/mol. The van der Waals surface area contributed by atoms with Crippen molar-refractivity contribution in [2.45, 2.75) is 69.4 Å². The normalized spacial score (nSPS) is 23.7. The molecule has 0 atom stereocenters. The summed E-state index contributed by atoms with van der Waals surface area (Å²) in [4.78, 5) is 26.7. The molecule has 1 heterocycles. The van der Waals surface area contributed by atoms with Crippen molar-refractivity contribution in [3.63, 3.8) is 0 Å². The number of nitrogens with zero attached hydrogens (tertiary/aromatic N) is 1. The lowest BCUT2D eigenvalue weighted by atomic mass is 9.94. The van der Waals surface area contributed by atoms with E-state index in [2.05, 4.69) is 20.9 Å². The molecular weight excluding hydrogens is 348 g/mol. The Labute approximate surface area is 161 Å². The first kappa shape index (κ1) is 19.8. The molecule has 2 aliphatic carbocycles. The summed E-state index contributed by atoms with van der Waals surface area (Å²) in [6, 6.07) is 0.206. The van der Waals surface area contributed by atoms with Crippen molar-refractivity contribution in [2.75, 3.05) is 37.7 Å². The van der Waals surface area contributed by atoms with E-state index in [0.717, 1.165) is 32.5 Å². The van der Waals surface area contributed by atoms with Crippen LogP contribution in [-0.4, -0.2) is 66.1 Å². The smallest absolute Gasteiger partial charge is 0.314 e. The van der Waals surface area contributed by atoms with Crippen LogP contribution in [0.5, 0.6) is 0 Å². The second-order valence-corrected chi connectivity index (χ2v) is 9.16. The Balaban J connectivity index is 1.35. The third-order valence-corrected chi connectivity index (χ3v) is 7.09. The van der Waals surface area contributed by atoms with Gasteiger partial charge in [0.2, 0.25) is 5.91 Å². The fraction of sp³-hybridized carbons (Fsp3) is 0.895. The number of carbonyl (C=O) groups is 2. The lowest BCUT2D eigenvalue weighted by molar-refractivity contribution is -0.121. The van der Waals surface area contributed by atoms with E-state index in [-0.39, 0.29) is 17.5 Å². The first-order valence-corrected chi connectivity index (χ1v) is 11.5. The van der Waals surface area contributed by atoms with Crippen LogP contribution in [0.1, 0.15) is 57.8 Å². The Kier molecular flexibility index (Phi) is 7.49. The maximum Gasteiger partial charge on any atom is 0.314 e. The predicted octanol–water partition coefficient (Wildman–Crippen LogP) is 2.10. The maximum absolute atomic E-state index is 12.2. The predicted molar refractivity (Wildman–Crippen MR) is 107 cm³/mol. The highest BCUT2D eigenvalue weighted by atomic mass is 32.2. The van der Waals surface area contributed by atoms with Gasteiger partial charge in [0.15, 0.2) is 0 Å². The van der Waals surface area contributed by atoms with Crippen molar-refractivity contribution in [2.24, 2.45) is 0 Å². The molecule has 6 nitrogen and oxygen atoms in total. The van der Waals surface area contributed by atoms with E-state index < -0.39 is 0 Å². The van der Waals surface area contributed by atoms with E-state index in [1.54, 1.807) is 0 Å². The van der Waals surface area contributed by atoms with Crippen LogP contribution < -0.4 is 16.0 Å². The van der Waals surface area contributed by atoms with Crippen LogP contribution in [0, 0.1) is 0 Å². The zero-order valence-electron chi connectivity index (χ0n) is 15.9. The van der Waals surface area contributed by atoms with Crippen molar-refractivity contribution in [3.8, 4) is 0 Å². The van der Waals surface area contributed by atoms with Gasteiger partial charge >= 0.3 is 6.03 Å². The van der Waals surface area contributed by atoms with E-state index >= 15 is 0 Å². The molecule has 148 valence electrons. The van der Waals surface area contributed by atoms with Gasteiger partial charge in [-0.3, -0.25) is 9.69 Å². The summed E-state index contributed by atoms with van der Waals surface area (Å²) in [5.41, 5.74) is 0.151. The van der Waals surface area contributed by atoms with Gasteiger partial charge in [-0.25, -0.2) is 4.79 Å². The van der Waals surface area contributed by atoms with Crippen molar-refractivity contribution >= 4 is 23.7 Å². The Hall–Kier alpha value is -0.950. The van der Waals surface area contributed by atoms with Crippen LogP contribution in [0.15, 0.2) is 0 Å². The van der Waals surface area contributed by atoms with Crippen LogP contribution in [0.2, 0.25) is 0 Å². The van der Waals surface area contributed by atoms with Crippen LogP contribution in [0.25, 0.3) is 0 Å². The van der Waals surface area contributed by atoms with Crippen molar-refractivity contribution in [1.29, 1.82) is 0 Å². The van der Waals surface area contributed by atoms with Crippen LogP contribution in [0.3, 0.4) is 0 Å². The molecule has 1 saturated heterocycles. The van der Waals surface area contributed by atoms with E-state index in [1.807, 2.05) is 11.8 Å². The molecule has 0 aromatic carbocycles. The molecule has 0 aromatic rings. The largest absolute Gasteiger partial charge is 0.353 e. The molecule has 26 heavy (non-hydrogen) atoms. The molecule has 7 heteroatoms. The lowest BCUT2D eigenvalue weighted by Crippen LogP contribution is -2.57. The Morgan fingerprint density at radius 3 is 2.38 bits per heavy atom. The summed E-state index contributed by atoms with van der Waals surface area (Å²) in [7, 11) is 0. The molecule has 3 rings (SSSR count). The van der Waals surface area contributed by atoms with E-state index in [4.69, 9.17) is 0 Å². The molecule has 0 radical (unpaired) electrons. The van der Waals surface area contributed by atoms with E-state index in [0.29, 0.717) is 19.0 Å². The zero-order chi connectivity index (χ0) is 18.2. The first-order chi connectivity index (χ1) is 12.7. The van der Waals surface area contributed by atoms with Gasteiger partial charge in [0, 0.05) is 55.7 Å². The van der Waals surface area contributed by atoms with Crippen LogP contribution in [-0.2, 0) is 4.79 Å². The quantitative estimate of drug-likeness (QED) is 0.630. The highest BCUT2D eigenvalue weighted by molar-refractivity contribution is 7.99. The van der Waals surface area contributed by atoms with Gasteiger partial charge < -0.3 is 16.0 Å². The number of carbonyl (C=O) groups excluding carboxylic acids is 2. The van der Waals surface area contributed by atoms with Crippen molar-refractivity contribution < 1.29 is 9.59 Å². The Bertz CT molecular complexity index is 470. The van der Waals surface area contributed by atoms with Crippen LogP contribution >= 0.6 is 11.8 Å². The molecule has 0 bridgehead atoms.